The van der Waals surface area contributed by atoms with Crippen molar-refractivity contribution < 1.29 is 68.1 Å². The Morgan fingerprint density at radius 2 is 1.45 bits per heavy atom. The summed E-state index contributed by atoms with van der Waals surface area (Å²) in [5.41, 5.74) is -8.01. The van der Waals surface area contributed by atoms with Gasteiger partial charge in [0.05, 0.1) is 35.6 Å². The maximum atomic E-state index is 15.5. The average Bonchev–Trinajstić information content (AvgIpc) is 3.19. The summed E-state index contributed by atoms with van der Waals surface area (Å²) in [5.74, 6) is -8.65. The van der Waals surface area contributed by atoms with Gasteiger partial charge in [-0.15, -0.1) is 0 Å². The van der Waals surface area contributed by atoms with Crippen molar-refractivity contribution in [1.29, 1.82) is 0 Å². The highest BCUT2D eigenvalue weighted by atomic mass is 16.6. The Morgan fingerprint density at radius 3 is 1.97 bits per heavy atom. The van der Waals surface area contributed by atoms with Gasteiger partial charge in [0.25, 0.3) is 5.91 Å². The maximum absolute atomic E-state index is 15.5. The molecule has 60 heavy (non-hydrogen) atoms. The van der Waals surface area contributed by atoms with Crippen molar-refractivity contribution in [3.63, 3.8) is 0 Å². The van der Waals surface area contributed by atoms with E-state index in [1.54, 1.807) is 69.3 Å². The molecule has 15 heteroatoms. The van der Waals surface area contributed by atoms with Crippen molar-refractivity contribution in [2.24, 2.45) is 28.6 Å². The van der Waals surface area contributed by atoms with Gasteiger partial charge in [-0.1, -0.05) is 71.0 Å². The van der Waals surface area contributed by atoms with Crippen LogP contribution in [-0.2, 0) is 38.1 Å². The zero-order valence-electron chi connectivity index (χ0n) is 35.5. The zero-order chi connectivity index (χ0) is 44.7. The summed E-state index contributed by atoms with van der Waals surface area (Å²) in [6.45, 7) is 12.0. The van der Waals surface area contributed by atoms with E-state index in [0.29, 0.717) is 0 Å². The van der Waals surface area contributed by atoms with Crippen LogP contribution < -0.4 is 5.32 Å². The van der Waals surface area contributed by atoms with Crippen LogP contribution in [0.3, 0.4) is 0 Å². The van der Waals surface area contributed by atoms with Gasteiger partial charge < -0.3 is 44.7 Å². The summed E-state index contributed by atoms with van der Waals surface area (Å²) in [7, 11) is 0. The first-order valence-electron chi connectivity index (χ1n) is 20.1. The SMILES string of the molecule is CC(=O)O[C@H]1C(=O)[C@@]2(C)[C@H]([C@H](OC(=O)c3ccccc3)[C@]3(O)CC(OC(=O)[C@H](O)[C@@H](NC(=O)c4ccccc4)C(C)C)C(C)=C1C3(C)C)[C@@](CO)(OC(C)=O)[C@H](C)C[C@@H]2O. The van der Waals surface area contributed by atoms with Crippen LogP contribution in [0.5, 0.6) is 0 Å². The fourth-order valence-corrected chi connectivity index (χ4v) is 9.82. The molecule has 2 bridgehead atoms. The number of carbonyl (C=O) groups is 6. The molecule has 0 aliphatic heterocycles. The lowest BCUT2D eigenvalue weighted by molar-refractivity contribution is -0.280. The largest absolute Gasteiger partial charge is 0.456 e. The third-order valence-corrected chi connectivity index (χ3v) is 13.2. The number of esters is 4. The number of carbonyl (C=O) groups excluding carboxylic acids is 6. The second kappa shape index (κ2) is 17.2. The summed E-state index contributed by atoms with van der Waals surface area (Å²) in [6.07, 6.45) is -9.64. The van der Waals surface area contributed by atoms with Crippen LogP contribution >= 0.6 is 0 Å². The molecule has 1 unspecified atom stereocenters. The first-order valence-corrected chi connectivity index (χ1v) is 20.1. The Hall–Kier alpha value is -4.96. The Balaban J connectivity index is 1.75. The van der Waals surface area contributed by atoms with E-state index in [-0.39, 0.29) is 28.7 Å². The van der Waals surface area contributed by atoms with E-state index in [0.717, 1.165) is 13.8 Å². The number of ketones is 1. The zero-order valence-corrected chi connectivity index (χ0v) is 35.5. The smallest absolute Gasteiger partial charge is 0.338 e. The van der Waals surface area contributed by atoms with Gasteiger partial charge in [0.2, 0.25) is 0 Å². The molecule has 11 atom stereocenters. The molecule has 0 heterocycles. The molecule has 0 radical (unpaired) electrons. The number of Topliss-reactive ketones (excluding diaryl/α,β-unsaturated/α-hetero) is 1. The highest BCUT2D eigenvalue weighted by Crippen LogP contribution is 2.63. The van der Waals surface area contributed by atoms with Crippen LogP contribution in [0.15, 0.2) is 71.8 Å². The van der Waals surface area contributed by atoms with Gasteiger partial charge >= 0.3 is 23.9 Å². The molecule has 0 aromatic heterocycles. The molecule has 1 amide bonds. The Labute approximate surface area is 349 Å². The fourth-order valence-electron chi connectivity index (χ4n) is 9.82. The van der Waals surface area contributed by atoms with Crippen molar-refractivity contribution >= 4 is 35.6 Å². The minimum absolute atomic E-state index is 0.0319. The number of nitrogens with one attached hydrogen (secondary N) is 1. The topological polar surface area (TPSA) is 232 Å². The minimum Gasteiger partial charge on any atom is -0.456 e. The molecule has 3 aliphatic carbocycles. The number of amides is 1. The Morgan fingerprint density at radius 1 is 0.883 bits per heavy atom. The van der Waals surface area contributed by atoms with Crippen molar-refractivity contribution in [2.45, 2.75) is 123 Å². The molecule has 326 valence electrons. The molecule has 0 saturated heterocycles. The molecule has 2 aromatic rings. The van der Waals surface area contributed by atoms with Crippen LogP contribution in [0.2, 0.25) is 0 Å². The molecular formula is C45H57NO14. The predicted octanol–water partition coefficient (Wildman–Crippen LogP) is 3.25. The summed E-state index contributed by atoms with van der Waals surface area (Å²) >= 11 is 0. The first-order chi connectivity index (χ1) is 28.0. The molecule has 5 rings (SSSR count). The lowest BCUT2D eigenvalue weighted by Crippen LogP contribution is -2.77. The monoisotopic (exact) mass is 835 g/mol. The summed E-state index contributed by atoms with van der Waals surface area (Å²) in [5, 5.41) is 51.2. The number of aliphatic hydroxyl groups is 4. The second-order valence-electron chi connectivity index (χ2n) is 17.5. The predicted molar refractivity (Wildman–Crippen MR) is 214 cm³/mol. The van der Waals surface area contributed by atoms with Crippen molar-refractivity contribution in [3.05, 3.63) is 82.9 Å². The number of fused-ring (bicyclic) bond motifs is 3. The normalized spacial score (nSPS) is 32.0. The summed E-state index contributed by atoms with van der Waals surface area (Å²) in [4.78, 5) is 82.9. The number of hydrogen-bond donors (Lipinski definition) is 5. The van der Waals surface area contributed by atoms with Crippen LogP contribution in [0.1, 0.15) is 95.9 Å². The summed E-state index contributed by atoms with van der Waals surface area (Å²) < 4.78 is 24.1. The minimum atomic E-state index is -2.45. The number of aliphatic hydroxyl groups excluding tert-OH is 3. The number of hydrogen-bond acceptors (Lipinski definition) is 14. The van der Waals surface area contributed by atoms with Gasteiger partial charge in [0, 0.05) is 37.2 Å². The molecule has 0 spiro atoms. The first kappa shape index (κ1) is 46.1. The van der Waals surface area contributed by atoms with E-state index in [4.69, 9.17) is 18.9 Å². The molecular weight excluding hydrogens is 778 g/mol. The standard InChI is InChI=1S/C45H57NO14/c1-23(2)33(46-39(53)28-16-12-10-13-17-28)34(51)41(55)58-30-21-45(56)38(59-40(54)29-18-14-11-15-19-29)36-43(9,31(50)20-24(3)44(36,22-47)60-27(6)49)37(52)35(57-26(5)48)32(25(30)4)42(45,7)8/h10-19,23-24,30-31,33-36,38,47,50-51,56H,20-22H2,1-9H3,(H,46,53)/t24-,30?,31+,33+,34-,35-,36+,38+,43-,44+,45-/m1/s1. The van der Waals surface area contributed by atoms with Gasteiger partial charge in [0.1, 0.15) is 23.4 Å². The van der Waals surface area contributed by atoms with Crippen LogP contribution in [0, 0.1) is 28.6 Å². The highest BCUT2D eigenvalue weighted by molar-refractivity contribution is 5.96. The van der Waals surface area contributed by atoms with Gasteiger partial charge in [-0.05, 0) is 61.6 Å². The number of rotatable bonds is 11. The molecule has 3 aliphatic rings. The van der Waals surface area contributed by atoms with E-state index >= 15 is 4.79 Å². The Kier molecular flexibility index (Phi) is 13.2. The maximum Gasteiger partial charge on any atom is 0.338 e. The van der Waals surface area contributed by atoms with Crippen molar-refractivity contribution in [2.75, 3.05) is 6.61 Å². The summed E-state index contributed by atoms with van der Waals surface area (Å²) in [6, 6.07) is 14.7. The van der Waals surface area contributed by atoms with E-state index in [9.17, 15) is 44.4 Å². The van der Waals surface area contributed by atoms with E-state index in [1.165, 1.54) is 39.8 Å². The van der Waals surface area contributed by atoms with Gasteiger partial charge in [0.15, 0.2) is 18.0 Å². The average molecular weight is 836 g/mol. The highest BCUT2D eigenvalue weighted by Gasteiger charge is 2.75. The van der Waals surface area contributed by atoms with Crippen LogP contribution in [0.4, 0.5) is 0 Å². The lowest BCUT2D eigenvalue weighted by atomic mass is 9.44. The van der Waals surface area contributed by atoms with E-state index < -0.39 is 125 Å². The van der Waals surface area contributed by atoms with Gasteiger partial charge in [-0.3, -0.25) is 19.2 Å². The molecule has 2 fully saturated rings. The second-order valence-corrected chi connectivity index (χ2v) is 17.5. The number of ether oxygens (including phenoxy) is 4. The quantitative estimate of drug-likeness (QED) is 0.124. The molecule has 2 aromatic carbocycles. The molecule has 15 nitrogen and oxygen atoms in total. The lowest BCUT2D eigenvalue weighted by Gasteiger charge is -2.64. The molecule has 5 N–H and O–H groups in total. The third-order valence-electron chi connectivity index (χ3n) is 13.2. The van der Waals surface area contributed by atoms with Gasteiger partial charge in [-0.25, -0.2) is 9.59 Å². The molecule has 2 saturated carbocycles. The van der Waals surface area contributed by atoms with E-state index in [1.807, 2.05) is 0 Å². The van der Waals surface area contributed by atoms with E-state index in [2.05, 4.69) is 5.32 Å². The van der Waals surface area contributed by atoms with Crippen molar-refractivity contribution in [1.82, 2.24) is 5.32 Å². The van der Waals surface area contributed by atoms with Crippen LogP contribution in [0.25, 0.3) is 0 Å². The number of benzene rings is 2. The van der Waals surface area contributed by atoms with Crippen LogP contribution in [-0.4, -0.2) is 110 Å². The third kappa shape index (κ3) is 7.88. The fraction of sp³-hybridized carbons (Fsp3) is 0.556. The Bertz CT molecular complexity index is 2020. The van der Waals surface area contributed by atoms with Crippen molar-refractivity contribution in [3.8, 4) is 0 Å². The van der Waals surface area contributed by atoms with Gasteiger partial charge in [-0.2, -0.15) is 0 Å².